The van der Waals surface area contributed by atoms with E-state index in [1.54, 1.807) is 29.8 Å². The number of piperidine rings is 1. The first-order chi connectivity index (χ1) is 10.2. The highest BCUT2D eigenvalue weighted by molar-refractivity contribution is 5.17. The Bertz CT molecular complexity index is 541. The number of nitriles is 1. The summed E-state index contributed by atoms with van der Waals surface area (Å²) in [6.45, 7) is 5.86. The van der Waals surface area contributed by atoms with Gasteiger partial charge in [0.2, 0.25) is 0 Å². The summed E-state index contributed by atoms with van der Waals surface area (Å²) >= 11 is 0. The SMILES string of the molecule is CC(C#N)Cn1cccc(OCCN2CCCCC2)c1=O. The average molecular weight is 289 g/mol. The predicted octanol–water partition coefficient (Wildman–Crippen LogP) is 1.87. The maximum atomic E-state index is 12.2. The third kappa shape index (κ3) is 4.61. The molecule has 1 atom stereocenters. The van der Waals surface area contributed by atoms with E-state index in [2.05, 4.69) is 11.0 Å². The van der Waals surface area contributed by atoms with E-state index in [0.717, 1.165) is 19.6 Å². The molecular formula is C16H23N3O2. The molecule has 0 aliphatic carbocycles. The second kappa shape index (κ2) is 7.84. The fraction of sp³-hybridized carbons (Fsp3) is 0.625. The third-order valence-electron chi connectivity index (χ3n) is 3.79. The largest absolute Gasteiger partial charge is 0.487 e. The topological polar surface area (TPSA) is 58.3 Å². The van der Waals surface area contributed by atoms with Gasteiger partial charge >= 0.3 is 0 Å². The van der Waals surface area contributed by atoms with Gasteiger partial charge in [-0.1, -0.05) is 6.42 Å². The Balaban J connectivity index is 1.89. The van der Waals surface area contributed by atoms with Crippen molar-refractivity contribution >= 4 is 0 Å². The highest BCUT2D eigenvalue weighted by Crippen LogP contribution is 2.09. The number of aromatic nitrogens is 1. The van der Waals surface area contributed by atoms with Crippen molar-refractivity contribution in [3.8, 4) is 11.8 Å². The lowest BCUT2D eigenvalue weighted by Crippen LogP contribution is -2.34. The van der Waals surface area contributed by atoms with E-state index in [9.17, 15) is 4.79 Å². The van der Waals surface area contributed by atoms with E-state index in [1.807, 2.05) is 0 Å². The summed E-state index contributed by atoms with van der Waals surface area (Å²) in [5.74, 6) is 0.186. The van der Waals surface area contributed by atoms with E-state index >= 15 is 0 Å². The van der Waals surface area contributed by atoms with Gasteiger partial charge in [-0.25, -0.2) is 0 Å². The highest BCUT2D eigenvalue weighted by Gasteiger charge is 2.11. The predicted molar refractivity (Wildman–Crippen MR) is 81.3 cm³/mol. The van der Waals surface area contributed by atoms with Gasteiger partial charge in [0.25, 0.3) is 5.56 Å². The summed E-state index contributed by atoms with van der Waals surface area (Å²) in [7, 11) is 0. The standard InChI is InChI=1S/C16H23N3O2/c1-14(12-17)13-19-9-5-6-15(16(19)20)21-11-10-18-7-3-2-4-8-18/h5-6,9,14H,2-4,7-8,10-11,13H2,1H3. The van der Waals surface area contributed by atoms with Crippen LogP contribution in [-0.4, -0.2) is 35.7 Å². The molecule has 2 rings (SSSR count). The summed E-state index contributed by atoms with van der Waals surface area (Å²) in [6.07, 6.45) is 5.53. The molecule has 0 bridgehead atoms. The Morgan fingerprint density at radius 3 is 2.86 bits per heavy atom. The second-order valence-electron chi connectivity index (χ2n) is 5.61. The number of pyridine rings is 1. The molecule has 1 aliphatic rings. The van der Waals surface area contributed by atoms with Crippen molar-refractivity contribution < 1.29 is 4.74 Å². The quantitative estimate of drug-likeness (QED) is 0.802. The van der Waals surface area contributed by atoms with Crippen LogP contribution in [0.15, 0.2) is 23.1 Å². The van der Waals surface area contributed by atoms with Gasteiger partial charge < -0.3 is 9.30 Å². The monoisotopic (exact) mass is 289 g/mol. The first kappa shape index (κ1) is 15.6. The van der Waals surface area contributed by atoms with E-state index in [0.29, 0.717) is 18.9 Å². The molecule has 5 heteroatoms. The second-order valence-corrected chi connectivity index (χ2v) is 5.61. The van der Waals surface area contributed by atoms with Gasteiger partial charge in [0.1, 0.15) is 6.61 Å². The van der Waals surface area contributed by atoms with Crippen LogP contribution in [-0.2, 0) is 6.54 Å². The van der Waals surface area contributed by atoms with Crippen molar-refractivity contribution in [1.82, 2.24) is 9.47 Å². The Labute approximate surface area is 125 Å². The lowest BCUT2D eigenvalue weighted by atomic mass is 10.1. The zero-order chi connectivity index (χ0) is 15.1. The molecular weight excluding hydrogens is 266 g/mol. The smallest absolute Gasteiger partial charge is 0.292 e. The fourth-order valence-electron chi connectivity index (χ4n) is 2.57. The zero-order valence-electron chi connectivity index (χ0n) is 12.6. The van der Waals surface area contributed by atoms with E-state index in [1.165, 1.54) is 19.3 Å². The minimum absolute atomic E-state index is 0.154. The first-order valence-electron chi connectivity index (χ1n) is 7.65. The van der Waals surface area contributed by atoms with Crippen molar-refractivity contribution in [2.45, 2.75) is 32.7 Å². The molecule has 1 aromatic heterocycles. The molecule has 0 spiro atoms. The van der Waals surface area contributed by atoms with Crippen LogP contribution in [0.3, 0.4) is 0 Å². The van der Waals surface area contributed by atoms with Gasteiger partial charge in [0.15, 0.2) is 5.75 Å². The number of rotatable bonds is 6. The van der Waals surface area contributed by atoms with Crippen LogP contribution in [0, 0.1) is 17.2 Å². The maximum absolute atomic E-state index is 12.2. The molecule has 5 nitrogen and oxygen atoms in total. The van der Waals surface area contributed by atoms with Gasteiger partial charge in [-0.15, -0.1) is 0 Å². The third-order valence-corrected chi connectivity index (χ3v) is 3.79. The van der Waals surface area contributed by atoms with Gasteiger partial charge in [-0.3, -0.25) is 9.69 Å². The van der Waals surface area contributed by atoms with Crippen LogP contribution in [0.1, 0.15) is 26.2 Å². The molecule has 1 unspecified atom stereocenters. The fourth-order valence-corrected chi connectivity index (χ4v) is 2.57. The van der Waals surface area contributed by atoms with Crippen LogP contribution in [0.25, 0.3) is 0 Å². The summed E-state index contributed by atoms with van der Waals surface area (Å²) < 4.78 is 7.18. The summed E-state index contributed by atoms with van der Waals surface area (Å²) in [4.78, 5) is 14.6. The molecule has 0 aromatic carbocycles. The maximum Gasteiger partial charge on any atom is 0.292 e. The summed E-state index contributed by atoms with van der Waals surface area (Å²) in [5.41, 5.74) is -0.154. The molecule has 0 saturated carbocycles. The van der Waals surface area contributed by atoms with Gasteiger partial charge in [-0.05, 0) is 45.0 Å². The number of nitrogens with zero attached hydrogens (tertiary/aromatic N) is 3. The molecule has 1 saturated heterocycles. The number of hydrogen-bond donors (Lipinski definition) is 0. The van der Waals surface area contributed by atoms with Gasteiger partial charge in [0.05, 0.1) is 12.0 Å². The van der Waals surface area contributed by atoms with E-state index in [-0.39, 0.29) is 11.5 Å². The number of ether oxygens (including phenoxy) is 1. The summed E-state index contributed by atoms with van der Waals surface area (Å²) in [5, 5.41) is 8.84. The Hall–Kier alpha value is -1.80. The molecule has 0 amide bonds. The molecule has 21 heavy (non-hydrogen) atoms. The average Bonchev–Trinajstić information content (AvgIpc) is 2.52. The van der Waals surface area contributed by atoms with E-state index in [4.69, 9.17) is 10.00 Å². The molecule has 1 aromatic rings. The van der Waals surface area contributed by atoms with Crippen molar-refractivity contribution in [2.75, 3.05) is 26.2 Å². The molecule has 1 fully saturated rings. The Morgan fingerprint density at radius 2 is 2.14 bits per heavy atom. The van der Waals surface area contributed by atoms with Crippen LogP contribution in [0.2, 0.25) is 0 Å². The van der Waals surface area contributed by atoms with Gasteiger partial charge in [0, 0.05) is 19.3 Å². The van der Waals surface area contributed by atoms with Crippen LogP contribution < -0.4 is 10.3 Å². The lowest BCUT2D eigenvalue weighted by Gasteiger charge is -2.26. The van der Waals surface area contributed by atoms with Crippen molar-refractivity contribution in [3.05, 3.63) is 28.7 Å². The first-order valence-corrected chi connectivity index (χ1v) is 7.65. The van der Waals surface area contributed by atoms with Crippen molar-refractivity contribution in [2.24, 2.45) is 5.92 Å². The Morgan fingerprint density at radius 1 is 1.38 bits per heavy atom. The molecule has 0 radical (unpaired) electrons. The van der Waals surface area contributed by atoms with Crippen LogP contribution in [0.4, 0.5) is 0 Å². The van der Waals surface area contributed by atoms with Crippen LogP contribution >= 0.6 is 0 Å². The normalized spacial score (nSPS) is 17.1. The molecule has 1 aliphatic heterocycles. The lowest BCUT2D eigenvalue weighted by molar-refractivity contribution is 0.182. The molecule has 2 heterocycles. The van der Waals surface area contributed by atoms with Crippen molar-refractivity contribution in [1.29, 1.82) is 5.26 Å². The van der Waals surface area contributed by atoms with Gasteiger partial charge in [-0.2, -0.15) is 5.26 Å². The Kier molecular flexibility index (Phi) is 5.82. The highest BCUT2D eigenvalue weighted by atomic mass is 16.5. The number of hydrogen-bond acceptors (Lipinski definition) is 4. The van der Waals surface area contributed by atoms with E-state index < -0.39 is 0 Å². The van der Waals surface area contributed by atoms with Crippen LogP contribution in [0.5, 0.6) is 5.75 Å². The van der Waals surface area contributed by atoms with Crippen molar-refractivity contribution in [3.63, 3.8) is 0 Å². The zero-order valence-corrected chi connectivity index (χ0v) is 12.6. The molecule has 114 valence electrons. The summed E-state index contributed by atoms with van der Waals surface area (Å²) in [6, 6.07) is 5.63. The number of likely N-dealkylation sites (tertiary alicyclic amines) is 1. The minimum Gasteiger partial charge on any atom is -0.487 e. The molecule has 0 N–H and O–H groups in total. The minimum atomic E-state index is -0.189.